The summed E-state index contributed by atoms with van der Waals surface area (Å²) < 4.78 is 0. The molecule has 0 radical (unpaired) electrons. The third-order valence-electron chi connectivity index (χ3n) is 4.41. The van der Waals surface area contributed by atoms with Crippen LogP contribution >= 0.6 is 23.2 Å². The van der Waals surface area contributed by atoms with E-state index in [9.17, 15) is 9.90 Å². The highest BCUT2D eigenvalue weighted by Crippen LogP contribution is 2.31. The van der Waals surface area contributed by atoms with Crippen molar-refractivity contribution in [1.82, 2.24) is 9.88 Å². The zero-order chi connectivity index (χ0) is 16.8. The van der Waals surface area contributed by atoms with E-state index in [1.807, 2.05) is 18.2 Å². The van der Waals surface area contributed by atoms with Gasteiger partial charge in [0.2, 0.25) is 0 Å². The largest absolute Gasteiger partial charge is 0.508 e. The van der Waals surface area contributed by atoms with Crippen molar-refractivity contribution in [1.29, 1.82) is 0 Å². The van der Waals surface area contributed by atoms with Crippen LogP contribution in [-0.2, 0) is 13.0 Å². The van der Waals surface area contributed by atoms with Crippen LogP contribution in [0.1, 0.15) is 21.6 Å². The summed E-state index contributed by atoms with van der Waals surface area (Å²) >= 11 is 12.2. The van der Waals surface area contributed by atoms with Gasteiger partial charge < -0.3 is 15.0 Å². The summed E-state index contributed by atoms with van der Waals surface area (Å²) in [6, 6.07) is 10.2. The quantitative estimate of drug-likeness (QED) is 0.676. The number of aromatic nitrogens is 1. The lowest BCUT2D eigenvalue weighted by Gasteiger charge is -2.27. The van der Waals surface area contributed by atoms with Gasteiger partial charge in [-0.05, 0) is 48.4 Å². The number of aromatic amines is 1. The SMILES string of the molecule is O=C(c1ccc(O)cc1Cl)N1CCc2c([nH]c3ccc(Cl)cc23)C1. The van der Waals surface area contributed by atoms with Gasteiger partial charge in [0, 0.05) is 28.2 Å². The summed E-state index contributed by atoms with van der Waals surface area (Å²) in [6.45, 7) is 1.11. The van der Waals surface area contributed by atoms with Crippen LogP contribution in [0.25, 0.3) is 10.9 Å². The number of nitrogens with zero attached hydrogens (tertiary/aromatic N) is 1. The first-order chi connectivity index (χ1) is 11.5. The van der Waals surface area contributed by atoms with Gasteiger partial charge in [0.05, 0.1) is 17.1 Å². The van der Waals surface area contributed by atoms with E-state index >= 15 is 0 Å². The van der Waals surface area contributed by atoms with Crippen LogP contribution in [0.15, 0.2) is 36.4 Å². The minimum atomic E-state index is -0.137. The van der Waals surface area contributed by atoms with Crippen LogP contribution in [-0.4, -0.2) is 27.4 Å². The maximum atomic E-state index is 12.7. The minimum Gasteiger partial charge on any atom is -0.508 e. The predicted octanol–water partition coefficient (Wildman–Crippen LogP) is 4.38. The van der Waals surface area contributed by atoms with E-state index < -0.39 is 0 Å². The fourth-order valence-corrected chi connectivity index (χ4v) is 3.66. The monoisotopic (exact) mass is 360 g/mol. The minimum absolute atomic E-state index is 0.0463. The van der Waals surface area contributed by atoms with Gasteiger partial charge in [0.25, 0.3) is 5.91 Å². The summed E-state index contributed by atoms with van der Waals surface area (Å²) in [5.41, 5.74) is 3.67. The molecule has 1 aliphatic heterocycles. The molecule has 122 valence electrons. The number of rotatable bonds is 1. The van der Waals surface area contributed by atoms with Gasteiger partial charge in [-0.2, -0.15) is 0 Å². The number of nitrogens with one attached hydrogen (secondary N) is 1. The topological polar surface area (TPSA) is 56.3 Å². The van der Waals surface area contributed by atoms with E-state index in [-0.39, 0.29) is 16.7 Å². The first kappa shape index (κ1) is 15.4. The standard InChI is InChI=1S/C18H14Cl2N2O2/c19-10-1-4-16-14(7-10)12-5-6-22(9-17(12)21-16)18(24)13-3-2-11(23)8-15(13)20/h1-4,7-8,21,23H,5-6,9H2. The number of phenols is 1. The molecule has 0 spiro atoms. The second kappa shape index (κ2) is 5.72. The average molecular weight is 361 g/mol. The fourth-order valence-electron chi connectivity index (χ4n) is 3.23. The van der Waals surface area contributed by atoms with E-state index in [4.69, 9.17) is 23.2 Å². The van der Waals surface area contributed by atoms with Crippen molar-refractivity contribution in [2.24, 2.45) is 0 Å². The number of amides is 1. The lowest BCUT2D eigenvalue weighted by molar-refractivity contribution is 0.0733. The molecule has 0 atom stereocenters. The van der Waals surface area contributed by atoms with Crippen LogP contribution in [0.4, 0.5) is 0 Å². The van der Waals surface area contributed by atoms with Gasteiger partial charge in [0.15, 0.2) is 0 Å². The van der Waals surface area contributed by atoms with Crippen molar-refractivity contribution in [3.8, 4) is 5.75 Å². The second-order valence-corrected chi connectivity index (χ2v) is 6.76. The van der Waals surface area contributed by atoms with Crippen LogP contribution in [0.5, 0.6) is 5.75 Å². The number of benzene rings is 2. The molecule has 0 aliphatic carbocycles. The number of hydrogen-bond acceptors (Lipinski definition) is 2. The number of fused-ring (bicyclic) bond motifs is 3. The Bertz CT molecular complexity index is 965. The number of hydrogen-bond donors (Lipinski definition) is 2. The molecule has 1 amide bonds. The zero-order valence-corrected chi connectivity index (χ0v) is 14.2. The van der Waals surface area contributed by atoms with Gasteiger partial charge in [-0.1, -0.05) is 23.2 Å². The summed E-state index contributed by atoms with van der Waals surface area (Å²) in [5.74, 6) is -0.0904. The maximum absolute atomic E-state index is 12.7. The molecule has 4 rings (SSSR count). The second-order valence-electron chi connectivity index (χ2n) is 5.91. The number of halogens is 2. The maximum Gasteiger partial charge on any atom is 0.255 e. The van der Waals surface area contributed by atoms with Crippen LogP contribution in [0.3, 0.4) is 0 Å². The van der Waals surface area contributed by atoms with E-state index in [0.29, 0.717) is 23.7 Å². The zero-order valence-electron chi connectivity index (χ0n) is 12.6. The highest BCUT2D eigenvalue weighted by molar-refractivity contribution is 6.34. The lowest BCUT2D eigenvalue weighted by Crippen LogP contribution is -2.36. The van der Waals surface area contributed by atoms with Crippen molar-refractivity contribution in [2.45, 2.75) is 13.0 Å². The van der Waals surface area contributed by atoms with Gasteiger partial charge in [-0.3, -0.25) is 4.79 Å². The van der Waals surface area contributed by atoms with E-state index in [1.165, 1.54) is 17.7 Å². The Morgan fingerprint density at radius 2 is 2.00 bits per heavy atom. The van der Waals surface area contributed by atoms with E-state index in [2.05, 4.69) is 4.98 Å². The molecule has 6 heteroatoms. The normalized spacial score (nSPS) is 14.0. The molecule has 2 aromatic carbocycles. The molecule has 0 saturated carbocycles. The molecule has 0 fully saturated rings. The van der Waals surface area contributed by atoms with Gasteiger partial charge in [-0.15, -0.1) is 0 Å². The third-order valence-corrected chi connectivity index (χ3v) is 4.96. The summed E-state index contributed by atoms with van der Waals surface area (Å²) in [5, 5.41) is 11.5. The Morgan fingerprint density at radius 1 is 1.17 bits per heavy atom. The van der Waals surface area contributed by atoms with E-state index in [0.717, 1.165) is 23.0 Å². The molecule has 0 bridgehead atoms. The molecule has 0 saturated heterocycles. The Morgan fingerprint density at radius 3 is 2.79 bits per heavy atom. The molecular formula is C18H14Cl2N2O2. The van der Waals surface area contributed by atoms with E-state index in [1.54, 1.807) is 11.0 Å². The van der Waals surface area contributed by atoms with Crippen LogP contribution in [0.2, 0.25) is 10.0 Å². The molecule has 3 aromatic rings. The predicted molar refractivity (Wildman–Crippen MR) is 94.9 cm³/mol. The Kier molecular flexibility index (Phi) is 3.66. The summed E-state index contributed by atoms with van der Waals surface area (Å²) in [4.78, 5) is 17.9. The molecular weight excluding hydrogens is 347 g/mol. The lowest BCUT2D eigenvalue weighted by atomic mass is 10.0. The highest BCUT2D eigenvalue weighted by atomic mass is 35.5. The average Bonchev–Trinajstić information content (AvgIpc) is 2.91. The number of H-pyrrole nitrogens is 1. The van der Waals surface area contributed by atoms with Crippen molar-refractivity contribution in [3.63, 3.8) is 0 Å². The number of carbonyl (C=O) groups is 1. The Hall–Kier alpha value is -2.17. The third kappa shape index (κ3) is 2.52. The highest BCUT2D eigenvalue weighted by Gasteiger charge is 2.26. The summed E-state index contributed by atoms with van der Waals surface area (Å²) in [7, 11) is 0. The number of carbonyl (C=O) groups excluding carboxylic acids is 1. The molecule has 1 aliphatic rings. The van der Waals surface area contributed by atoms with Gasteiger partial charge in [-0.25, -0.2) is 0 Å². The van der Waals surface area contributed by atoms with Gasteiger partial charge >= 0.3 is 0 Å². The van der Waals surface area contributed by atoms with Gasteiger partial charge in [0.1, 0.15) is 5.75 Å². The molecule has 24 heavy (non-hydrogen) atoms. The molecule has 1 aromatic heterocycles. The Labute approximate surface area is 148 Å². The molecule has 2 N–H and O–H groups in total. The Balaban J connectivity index is 1.66. The van der Waals surface area contributed by atoms with Crippen molar-refractivity contribution >= 4 is 40.0 Å². The van der Waals surface area contributed by atoms with Crippen LogP contribution in [0, 0.1) is 0 Å². The number of phenolic OH excluding ortho intramolecular Hbond substituents is 1. The van der Waals surface area contributed by atoms with Crippen LogP contribution < -0.4 is 0 Å². The summed E-state index contributed by atoms with van der Waals surface area (Å²) in [6.07, 6.45) is 0.761. The smallest absolute Gasteiger partial charge is 0.255 e. The number of aromatic hydroxyl groups is 1. The first-order valence-corrected chi connectivity index (χ1v) is 8.35. The molecule has 0 unspecified atom stereocenters. The van der Waals surface area contributed by atoms with Crippen molar-refractivity contribution in [2.75, 3.05) is 6.54 Å². The fraction of sp³-hybridized carbons (Fsp3) is 0.167. The molecule has 4 nitrogen and oxygen atoms in total. The molecule has 2 heterocycles. The first-order valence-electron chi connectivity index (χ1n) is 7.59. The van der Waals surface area contributed by atoms with Crippen molar-refractivity contribution < 1.29 is 9.90 Å². The van der Waals surface area contributed by atoms with Crippen molar-refractivity contribution in [3.05, 3.63) is 63.3 Å².